The molecule has 3 nitrogen and oxygen atoms in total. The Morgan fingerprint density at radius 2 is 2.00 bits per heavy atom. The summed E-state index contributed by atoms with van der Waals surface area (Å²) in [4.78, 5) is 0. The molecule has 114 valence electrons. The van der Waals surface area contributed by atoms with E-state index >= 15 is 0 Å². The quantitative estimate of drug-likeness (QED) is 0.917. The van der Waals surface area contributed by atoms with Crippen molar-refractivity contribution in [1.82, 2.24) is 9.78 Å². The first kappa shape index (κ1) is 16.1. The van der Waals surface area contributed by atoms with Crippen LogP contribution in [0.1, 0.15) is 34.5 Å². The maximum absolute atomic E-state index is 10.3. The number of nitrogens with zero attached hydrogens (tertiary/aromatic N) is 2. The lowest BCUT2D eigenvalue weighted by Gasteiger charge is -2.12. The smallest absolute Gasteiger partial charge is 0.0628 e. The maximum atomic E-state index is 10.3. The molecule has 21 heavy (non-hydrogen) atoms. The Bertz CT molecular complexity index is 634. The van der Waals surface area contributed by atoms with Crippen LogP contribution in [0.5, 0.6) is 0 Å². The van der Waals surface area contributed by atoms with Crippen molar-refractivity contribution >= 4 is 11.6 Å². The Labute approximate surface area is 131 Å². The van der Waals surface area contributed by atoms with Crippen LogP contribution in [0.4, 0.5) is 0 Å². The van der Waals surface area contributed by atoms with Gasteiger partial charge in [-0.3, -0.25) is 4.68 Å². The summed E-state index contributed by atoms with van der Waals surface area (Å²) in [6, 6.07) is 5.98. The molecule has 1 heterocycles. The van der Waals surface area contributed by atoms with Crippen LogP contribution < -0.4 is 0 Å². The van der Waals surface area contributed by atoms with Gasteiger partial charge in [-0.1, -0.05) is 23.7 Å². The third kappa shape index (κ3) is 3.86. The second kappa shape index (κ2) is 6.63. The van der Waals surface area contributed by atoms with Gasteiger partial charge in [0.1, 0.15) is 0 Å². The van der Waals surface area contributed by atoms with Crippen molar-refractivity contribution < 1.29 is 5.11 Å². The predicted molar refractivity (Wildman–Crippen MR) is 86.9 cm³/mol. The lowest BCUT2D eigenvalue weighted by molar-refractivity contribution is 0.165. The SMILES string of the molecule is Cc1ccc(CC(O)CCc2c(C)nn(C)c2C)c(Cl)c1. The number of aryl methyl sites for hydroxylation is 3. The highest BCUT2D eigenvalue weighted by Crippen LogP contribution is 2.21. The number of benzene rings is 1. The Morgan fingerprint density at radius 1 is 1.29 bits per heavy atom. The lowest BCUT2D eigenvalue weighted by Crippen LogP contribution is -2.12. The van der Waals surface area contributed by atoms with Crippen molar-refractivity contribution in [2.24, 2.45) is 7.05 Å². The lowest BCUT2D eigenvalue weighted by atomic mass is 10.00. The molecule has 1 aromatic heterocycles. The molecular weight excluding hydrogens is 284 g/mol. The van der Waals surface area contributed by atoms with Crippen LogP contribution in [0.3, 0.4) is 0 Å². The molecule has 4 heteroatoms. The molecule has 1 aromatic carbocycles. The fourth-order valence-corrected chi connectivity index (χ4v) is 2.98. The van der Waals surface area contributed by atoms with Gasteiger partial charge in [0, 0.05) is 17.8 Å². The molecule has 0 fully saturated rings. The van der Waals surface area contributed by atoms with Gasteiger partial charge in [0.05, 0.1) is 11.8 Å². The Morgan fingerprint density at radius 3 is 2.57 bits per heavy atom. The van der Waals surface area contributed by atoms with E-state index < -0.39 is 0 Å². The van der Waals surface area contributed by atoms with Crippen molar-refractivity contribution in [3.8, 4) is 0 Å². The average Bonchev–Trinajstić information content (AvgIpc) is 2.65. The first-order valence-corrected chi connectivity index (χ1v) is 7.68. The molecule has 1 atom stereocenters. The standard InChI is InChI=1S/C17H23ClN2O/c1-11-5-6-14(17(18)9-11)10-15(21)7-8-16-12(2)19-20(4)13(16)3/h5-6,9,15,21H,7-8,10H2,1-4H3. The Hall–Kier alpha value is -1.32. The first-order valence-electron chi connectivity index (χ1n) is 7.30. The highest BCUT2D eigenvalue weighted by Gasteiger charge is 2.13. The predicted octanol–water partition coefficient (Wildman–Crippen LogP) is 3.53. The van der Waals surface area contributed by atoms with E-state index in [-0.39, 0.29) is 6.10 Å². The molecule has 0 amide bonds. The summed E-state index contributed by atoms with van der Waals surface area (Å²) < 4.78 is 1.90. The van der Waals surface area contributed by atoms with E-state index in [1.54, 1.807) is 0 Å². The van der Waals surface area contributed by atoms with Gasteiger partial charge in [-0.2, -0.15) is 5.10 Å². The number of aliphatic hydroxyl groups is 1. The highest BCUT2D eigenvalue weighted by molar-refractivity contribution is 6.31. The second-order valence-electron chi connectivity index (χ2n) is 5.76. The van der Waals surface area contributed by atoms with Crippen LogP contribution >= 0.6 is 11.6 Å². The van der Waals surface area contributed by atoms with E-state index in [4.69, 9.17) is 11.6 Å². The maximum Gasteiger partial charge on any atom is 0.0628 e. The number of hydrogen-bond acceptors (Lipinski definition) is 2. The summed E-state index contributed by atoms with van der Waals surface area (Å²) >= 11 is 6.22. The number of hydrogen-bond donors (Lipinski definition) is 1. The van der Waals surface area contributed by atoms with E-state index in [0.717, 1.165) is 34.7 Å². The first-order chi connectivity index (χ1) is 9.88. The van der Waals surface area contributed by atoms with Gasteiger partial charge in [0.2, 0.25) is 0 Å². The molecule has 0 saturated carbocycles. The molecule has 0 spiro atoms. The molecule has 2 aromatic rings. The van der Waals surface area contributed by atoms with Gasteiger partial charge >= 0.3 is 0 Å². The van der Waals surface area contributed by atoms with E-state index in [1.165, 1.54) is 11.3 Å². The minimum Gasteiger partial charge on any atom is -0.393 e. The van der Waals surface area contributed by atoms with Crippen LogP contribution in [-0.4, -0.2) is 21.0 Å². The fourth-order valence-electron chi connectivity index (χ4n) is 2.66. The van der Waals surface area contributed by atoms with Gasteiger partial charge in [0.15, 0.2) is 0 Å². The minimum atomic E-state index is -0.385. The summed E-state index contributed by atoms with van der Waals surface area (Å²) in [5.74, 6) is 0. The zero-order valence-electron chi connectivity index (χ0n) is 13.2. The topological polar surface area (TPSA) is 38.1 Å². The number of aliphatic hydroxyl groups excluding tert-OH is 1. The van der Waals surface area contributed by atoms with Crippen molar-refractivity contribution in [3.63, 3.8) is 0 Å². The van der Waals surface area contributed by atoms with E-state index in [2.05, 4.69) is 12.0 Å². The van der Waals surface area contributed by atoms with E-state index in [9.17, 15) is 5.11 Å². The molecule has 0 aliphatic heterocycles. The second-order valence-corrected chi connectivity index (χ2v) is 6.17. The summed E-state index contributed by atoms with van der Waals surface area (Å²) in [6.07, 6.45) is 1.77. The molecule has 0 saturated heterocycles. The third-order valence-corrected chi connectivity index (χ3v) is 4.40. The van der Waals surface area contributed by atoms with E-state index in [0.29, 0.717) is 6.42 Å². The average molecular weight is 307 g/mol. The van der Waals surface area contributed by atoms with Gasteiger partial charge in [-0.05, 0) is 62.8 Å². The Kier molecular flexibility index (Phi) is 5.07. The normalized spacial score (nSPS) is 12.7. The van der Waals surface area contributed by atoms with Crippen LogP contribution in [-0.2, 0) is 19.9 Å². The van der Waals surface area contributed by atoms with Crippen LogP contribution in [0, 0.1) is 20.8 Å². The molecular formula is C17H23ClN2O. The molecule has 1 unspecified atom stereocenters. The summed E-state index contributed by atoms with van der Waals surface area (Å²) in [6.45, 7) is 6.10. The van der Waals surface area contributed by atoms with Crippen molar-refractivity contribution in [2.45, 2.75) is 46.1 Å². The Balaban J connectivity index is 1.97. The van der Waals surface area contributed by atoms with Crippen molar-refractivity contribution in [1.29, 1.82) is 0 Å². The van der Waals surface area contributed by atoms with Gasteiger partial charge in [-0.15, -0.1) is 0 Å². The molecule has 0 bridgehead atoms. The molecule has 0 radical (unpaired) electrons. The van der Waals surface area contributed by atoms with E-state index in [1.807, 2.05) is 43.8 Å². The van der Waals surface area contributed by atoms with Crippen LogP contribution in [0.2, 0.25) is 5.02 Å². The minimum absolute atomic E-state index is 0.385. The van der Waals surface area contributed by atoms with Crippen molar-refractivity contribution in [3.05, 3.63) is 51.3 Å². The molecule has 1 N–H and O–H groups in total. The van der Waals surface area contributed by atoms with Crippen LogP contribution in [0.25, 0.3) is 0 Å². The summed E-state index contributed by atoms with van der Waals surface area (Å²) in [5, 5.41) is 15.4. The fraction of sp³-hybridized carbons (Fsp3) is 0.471. The zero-order chi connectivity index (χ0) is 15.6. The summed E-state index contributed by atoms with van der Waals surface area (Å²) in [7, 11) is 1.95. The number of aromatic nitrogens is 2. The zero-order valence-corrected chi connectivity index (χ0v) is 13.9. The third-order valence-electron chi connectivity index (χ3n) is 4.05. The van der Waals surface area contributed by atoms with Crippen molar-refractivity contribution in [2.75, 3.05) is 0 Å². The molecule has 0 aliphatic rings. The van der Waals surface area contributed by atoms with Gasteiger partial charge in [-0.25, -0.2) is 0 Å². The number of rotatable bonds is 5. The summed E-state index contributed by atoms with van der Waals surface area (Å²) in [5.41, 5.74) is 5.62. The molecule has 2 rings (SSSR count). The highest BCUT2D eigenvalue weighted by atomic mass is 35.5. The monoisotopic (exact) mass is 306 g/mol. The van der Waals surface area contributed by atoms with Gasteiger partial charge in [0.25, 0.3) is 0 Å². The van der Waals surface area contributed by atoms with Gasteiger partial charge < -0.3 is 5.11 Å². The largest absolute Gasteiger partial charge is 0.393 e. The van der Waals surface area contributed by atoms with Crippen LogP contribution in [0.15, 0.2) is 18.2 Å². The number of halogens is 1. The molecule has 0 aliphatic carbocycles.